The third-order valence-electron chi connectivity index (χ3n) is 5.06. The Morgan fingerprint density at radius 3 is 3.00 bits per heavy atom. The molecule has 0 aromatic carbocycles. The van der Waals surface area contributed by atoms with Gasteiger partial charge in [-0.1, -0.05) is 6.07 Å². The molecule has 1 saturated carbocycles. The molecule has 0 spiro atoms. The first-order chi connectivity index (χ1) is 9.24. The molecule has 0 bridgehead atoms. The maximum atomic E-state index is 6.51. The maximum Gasteiger partial charge on any atom is 0.0693 e. The van der Waals surface area contributed by atoms with Crippen LogP contribution in [0, 0.1) is 0 Å². The number of ether oxygens (including phenoxy) is 1. The Labute approximate surface area is 115 Å². The smallest absolute Gasteiger partial charge is 0.0693 e. The van der Waals surface area contributed by atoms with Gasteiger partial charge in [0, 0.05) is 31.0 Å². The highest BCUT2D eigenvalue weighted by Crippen LogP contribution is 2.42. The monoisotopic (exact) mass is 260 g/mol. The van der Waals surface area contributed by atoms with E-state index in [-0.39, 0.29) is 11.6 Å². The fourth-order valence-electron chi connectivity index (χ4n) is 3.70. The minimum absolute atomic E-state index is 0.0613. The second kappa shape index (κ2) is 5.22. The molecular weight excluding hydrogens is 236 g/mol. The van der Waals surface area contributed by atoms with Gasteiger partial charge in [-0.15, -0.1) is 0 Å². The number of nitrogens with zero attached hydrogens (tertiary/aromatic N) is 1. The fourth-order valence-corrected chi connectivity index (χ4v) is 3.70. The minimum atomic E-state index is 0.0613. The molecule has 104 valence electrons. The van der Waals surface area contributed by atoms with E-state index in [1.54, 1.807) is 0 Å². The molecule has 2 aliphatic rings. The number of pyridine rings is 1. The summed E-state index contributed by atoms with van der Waals surface area (Å²) in [6.45, 7) is 0. The zero-order valence-electron chi connectivity index (χ0n) is 11.8. The van der Waals surface area contributed by atoms with Crippen molar-refractivity contribution in [1.82, 2.24) is 4.98 Å². The van der Waals surface area contributed by atoms with E-state index in [4.69, 9.17) is 10.5 Å². The number of hydrogen-bond acceptors (Lipinski definition) is 3. The van der Waals surface area contributed by atoms with E-state index >= 15 is 0 Å². The van der Waals surface area contributed by atoms with Gasteiger partial charge in [-0.2, -0.15) is 0 Å². The molecular formula is C16H24N2O. The van der Waals surface area contributed by atoms with Crippen molar-refractivity contribution in [2.75, 3.05) is 7.11 Å². The molecule has 19 heavy (non-hydrogen) atoms. The van der Waals surface area contributed by atoms with Crippen LogP contribution in [-0.4, -0.2) is 23.7 Å². The largest absolute Gasteiger partial charge is 0.378 e. The van der Waals surface area contributed by atoms with Crippen LogP contribution in [0.4, 0.5) is 0 Å². The lowest BCUT2D eigenvalue weighted by Gasteiger charge is -2.44. The normalized spacial score (nSPS) is 26.3. The van der Waals surface area contributed by atoms with Crippen LogP contribution in [0.5, 0.6) is 0 Å². The van der Waals surface area contributed by atoms with Gasteiger partial charge in [0.1, 0.15) is 0 Å². The van der Waals surface area contributed by atoms with E-state index in [2.05, 4.69) is 11.1 Å². The number of methoxy groups -OCH3 is 1. The molecule has 0 amide bonds. The van der Waals surface area contributed by atoms with Crippen molar-refractivity contribution in [1.29, 1.82) is 0 Å². The number of rotatable bonds is 4. The molecule has 2 N–H and O–H groups in total. The Hall–Kier alpha value is -0.930. The number of fused-ring (bicyclic) bond motifs is 1. The van der Waals surface area contributed by atoms with Crippen LogP contribution in [0.2, 0.25) is 0 Å². The Balaban J connectivity index is 1.76. The van der Waals surface area contributed by atoms with Gasteiger partial charge in [-0.3, -0.25) is 4.98 Å². The van der Waals surface area contributed by atoms with Crippen molar-refractivity contribution >= 4 is 0 Å². The second-order valence-electron chi connectivity index (χ2n) is 6.16. The fraction of sp³-hybridized carbons (Fsp3) is 0.688. The third-order valence-corrected chi connectivity index (χ3v) is 5.06. The van der Waals surface area contributed by atoms with Crippen LogP contribution in [0.25, 0.3) is 0 Å². The van der Waals surface area contributed by atoms with Crippen LogP contribution in [0.3, 0.4) is 0 Å². The van der Waals surface area contributed by atoms with Gasteiger partial charge in [0.2, 0.25) is 0 Å². The zero-order valence-corrected chi connectivity index (χ0v) is 11.8. The Morgan fingerprint density at radius 2 is 2.32 bits per heavy atom. The van der Waals surface area contributed by atoms with Gasteiger partial charge < -0.3 is 10.5 Å². The highest BCUT2D eigenvalue weighted by molar-refractivity contribution is 5.27. The average molecular weight is 260 g/mol. The van der Waals surface area contributed by atoms with Crippen LogP contribution >= 0.6 is 0 Å². The highest BCUT2D eigenvalue weighted by Gasteiger charge is 2.40. The molecule has 3 nitrogen and oxygen atoms in total. The molecule has 0 saturated heterocycles. The third kappa shape index (κ3) is 2.41. The Bertz CT molecular complexity index is 437. The van der Waals surface area contributed by atoms with Gasteiger partial charge in [0.15, 0.2) is 0 Å². The topological polar surface area (TPSA) is 48.1 Å². The lowest BCUT2D eigenvalue weighted by Crippen LogP contribution is -2.46. The zero-order chi connectivity index (χ0) is 13.3. The van der Waals surface area contributed by atoms with E-state index in [0.717, 1.165) is 12.8 Å². The summed E-state index contributed by atoms with van der Waals surface area (Å²) in [6.07, 6.45) is 10.0. The molecule has 3 rings (SSSR count). The summed E-state index contributed by atoms with van der Waals surface area (Å²) in [4.78, 5) is 4.60. The summed E-state index contributed by atoms with van der Waals surface area (Å²) >= 11 is 0. The first-order valence-corrected chi connectivity index (χ1v) is 7.49. The second-order valence-corrected chi connectivity index (χ2v) is 6.16. The Morgan fingerprint density at radius 1 is 1.47 bits per heavy atom. The van der Waals surface area contributed by atoms with Crippen molar-refractivity contribution < 1.29 is 4.74 Å². The molecule has 1 fully saturated rings. The van der Waals surface area contributed by atoms with Gasteiger partial charge in [-0.05, 0) is 56.6 Å². The molecule has 0 radical (unpaired) electrons. The standard InChI is InChI=1S/C16H24N2O/c1-19-16(8-4-9-16)11-14(17)13-7-2-5-12-6-3-10-18-15(12)13/h3,6,10,13-14H,2,4-5,7-9,11,17H2,1H3. The predicted molar refractivity (Wildman–Crippen MR) is 76.1 cm³/mol. The van der Waals surface area contributed by atoms with Crippen molar-refractivity contribution in [3.63, 3.8) is 0 Å². The summed E-state index contributed by atoms with van der Waals surface area (Å²) in [5.41, 5.74) is 9.22. The molecule has 2 aliphatic carbocycles. The van der Waals surface area contributed by atoms with Crippen molar-refractivity contribution in [3.05, 3.63) is 29.6 Å². The van der Waals surface area contributed by atoms with Gasteiger partial charge >= 0.3 is 0 Å². The van der Waals surface area contributed by atoms with E-state index in [1.165, 1.54) is 43.4 Å². The highest BCUT2D eigenvalue weighted by atomic mass is 16.5. The van der Waals surface area contributed by atoms with Crippen LogP contribution < -0.4 is 5.73 Å². The molecule has 3 heteroatoms. The molecule has 1 heterocycles. The summed E-state index contributed by atoms with van der Waals surface area (Å²) in [6, 6.07) is 4.42. The number of aromatic nitrogens is 1. The van der Waals surface area contributed by atoms with E-state index in [1.807, 2.05) is 19.4 Å². The number of hydrogen-bond donors (Lipinski definition) is 1. The van der Waals surface area contributed by atoms with Crippen molar-refractivity contribution in [2.24, 2.45) is 5.73 Å². The summed E-state index contributed by atoms with van der Waals surface area (Å²) in [5, 5.41) is 0. The van der Waals surface area contributed by atoms with Crippen LogP contribution in [0.1, 0.15) is 55.7 Å². The molecule has 0 aliphatic heterocycles. The SMILES string of the molecule is COC1(CC(N)C2CCCc3cccnc32)CCC1. The van der Waals surface area contributed by atoms with Crippen molar-refractivity contribution in [2.45, 2.75) is 62.5 Å². The van der Waals surface area contributed by atoms with Gasteiger partial charge in [0.25, 0.3) is 0 Å². The molecule has 1 aromatic heterocycles. The van der Waals surface area contributed by atoms with E-state index < -0.39 is 0 Å². The average Bonchev–Trinajstić information content (AvgIpc) is 2.42. The first-order valence-electron chi connectivity index (χ1n) is 7.49. The lowest BCUT2D eigenvalue weighted by atomic mass is 9.71. The quantitative estimate of drug-likeness (QED) is 0.905. The molecule has 1 aromatic rings. The van der Waals surface area contributed by atoms with Crippen LogP contribution in [0.15, 0.2) is 18.3 Å². The van der Waals surface area contributed by atoms with Crippen molar-refractivity contribution in [3.8, 4) is 0 Å². The minimum Gasteiger partial charge on any atom is -0.378 e. The number of aryl methyl sites for hydroxylation is 1. The van der Waals surface area contributed by atoms with Crippen LogP contribution in [-0.2, 0) is 11.2 Å². The summed E-state index contributed by atoms with van der Waals surface area (Å²) in [7, 11) is 1.83. The molecule has 2 unspecified atom stereocenters. The van der Waals surface area contributed by atoms with Gasteiger partial charge in [-0.25, -0.2) is 0 Å². The van der Waals surface area contributed by atoms with E-state index in [0.29, 0.717) is 5.92 Å². The van der Waals surface area contributed by atoms with E-state index in [9.17, 15) is 0 Å². The lowest BCUT2D eigenvalue weighted by molar-refractivity contribution is -0.0830. The first kappa shape index (κ1) is 13.1. The maximum absolute atomic E-state index is 6.51. The van der Waals surface area contributed by atoms with Gasteiger partial charge in [0.05, 0.1) is 5.60 Å². The molecule has 2 atom stereocenters. The predicted octanol–water partition coefficient (Wildman–Crippen LogP) is 2.79. The number of nitrogens with two attached hydrogens (primary N) is 1. The summed E-state index contributed by atoms with van der Waals surface area (Å²) < 4.78 is 5.72. The summed E-state index contributed by atoms with van der Waals surface area (Å²) in [5.74, 6) is 0.414. The Kier molecular flexibility index (Phi) is 3.59.